The second-order valence-corrected chi connectivity index (χ2v) is 6.15. The van der Waals surface area contributed by atoms with Crippen molar-refractivity contribution in [3.05, 3.63) is 35.4 Å². The number of hydrogen-bond donors (Lipinski definition) is 1. The number of benzene rings is 1. The predicted octanol–water partition coefficient (Wildman–Crippen LogP) is 3.55. The van der Waals surface area contributed by atoms with Gasteiger partial charge in [-0.2, -0.15) is 0 Å². The van der Waals surface area contributed by atoms with Gasteiger partial charge < -0.3 is 5.32 Å². The van der Waals surface area contributed by atoms with E-state index in [1.54, 1.807) is 0 Å². The van der Waals surface area contributed by atoms with Crippen LogP contribution in [0.25, 0.3) is 0 Å². The monoisotopic (exact) mass is 260 g/mol. The van der Waals surface area contributed by atoms with E-state index in [-0.39, 0.29) is 0 Å². The molecule has 0 radical (unpaired) electrons. The second-order valence-electron chi connectivity index (χ2n) is 6.15. The van der Waals surface area contributed by atoms with Crippen LogP contribution < -0.4 is 5.32 Å². The fraction of sp³-hybridized carbons (Fsp3) is 0.647. The van der Waals surface area contributed by atoms with Gasteiger partial charge in [0.1, 0.15) is 0 Å². The molecule has 2 rings (SSSR count). The second kappa shape index (κ2) is 6.53. The molecule has 1 aliphatic heterocycles. The first-order valence-electron chi connectivity index (χ1n) is 7.63. The molecule has 1 aromatic rings. The van der Waals surface area contributed by atoms with Crippen LogP contribution in [0.1, 0.15) is 56.7 Å². The number of likely N-dealkylation sites (N-methyl/N-ethyl adjacent to an activating group) is 1. The van der Waals surface area contributed by atoms with Gasteiger partial charge in [-0.05, 0) is 50.4 Å². The minimum atomic E-state index is 0.446. The zero-order valence-electron chi connectivity index (χ0n) is 12.8. The average Bonchev–Trinajstić information content (AvgIpc) is 2.81. The van der Waals surface area contributed by atoms with Gasteiger partial charge in [-0.3, -0.25) is 4.90 Å². The third-order valence-electron chi connectivity index (χ3n) is 4.46. The Kier molecular flexibility index (Phi) is 5.00. The fourth-order valence-electron chi connectivity index (χ4n) is 2.98. The van der Waals surface area contributed by atoms with Crippen molar-refractivity contribution in [1.82, 2.24) is 10.2 Å². The van der Waals surface area contributed by atoms with Crippen LogP contribution in [0.15, 0.2) is 24.3 Å². The quantitative estimate of drug-likeness (QED) is 0.871. The van der Waals surface area contributed by atoms with Crippen molar-refractivity contribution in [1.29, 1.82) is 0 Å². The maximum absolute atomic E-state index is 3.47. The van der Waals surface area contributed by atoms with E-state index in [0.29, 0.717) is 12.0 Å². The summed E-state index contributed by atoms with van der Waals surface area (Å²) in [5.74, 6) is 0.612. The molecule has 1 heterocycles. The Morgan fingerprint density at radius 1 is 1.21 bits per heavy atom. The van der Waals surface area contributed by atoms with E-state index in [9.17, 15) is 0 Å². The van der Waals surface area contributed by atoms with Crippen LogP contribution in [0, 0.1) is 0 Å². The summed E-state index contributed by atoms with van der Waals surface area (Å²) in [6.45, 7) is 9.22. The van der Waals surface area contributed by atoms with E-state index in [2.05, 4.69) is 62.3 Å². The first-order valence-corrected chi connectivity index (χ1v) is 7.63. The normalized spacial score (nSPS) is 22.1. The molecule has 0 saturated carbocycles. The van der Waals surface area contributed by atoms with E-state index in [4.69, 9.17) is 0 Å². The topological polar surface area (TPSA) is 15.3 Å². The highest BCUT2D eigenvalue weighted by Crippen LogP contribution is 2.23. The van der Waals surface area contributed by atoms with Crippen molar-refractivity contribution >= 4 is 0 Å². The van der Waals surface area contributed by atoms with Gasteiger partial charge in [0.2, 0.25) is 0 Å². The number of rotatable bonds is 5. The van der Waals surface area contributed by atoms with Crippen LogP contribution in [0.3, 0.4) is 0 Å². The molecule has 1 fully saturated rings. The predicted molar refractivity (Wildman–Crippen MR) is 82.6 cm³/mol. The Morgan fingerprint density at radius 3 is 2.32 bits per heavy atom. The molecule has 0 spiro atoms. The number of nitrogens with one attached hydrogen (secondary N) is 1. The summed E-state index contributed by atoms with van der Waals surface area (Å²) in [7, 11) is 2.07. The molecule has 0 aliphatic carbocycles. The summed E-state index contributed by atoms with van der Waals surface area (Å²) < 4.78 is 0. The third kappa shape index (κ3) is 3.58. The van der Waals surface area contributed by atoms with Gasteiger partial charge in [0, 0.05) is 18.6 Å². The molecule has 1 aromatic carbocycles. The van der Waals surface area contributed by atoms with Gasteiger partial charge in [-0.1, -0.05) is 38.1 Å². The van der Waals surface area contributed by atoms with Crippen molar-refractivity contribution in [3.8, 4) is 0 Å². The van der Waals surface area contributed by atoms with Crippen LogP contribution in [-0.2, 0) is 0 Å². The van der Waals surface area contributed by atoms with E-state index in [0.717, 1.165) is 12.6 Å². The molecule has 1 saturated heterocycles. The minimum absolute atomic E-state index is 0.446. The lowest BCUT2D eigenvalue weighted by molar-refractivity contribution is 0.241. The Hall–Kier alpha value is -0.860. The number of hydrogen-bond acceptors (Lipinski definition) is 2. The maximum atomic E-state index is 3.47. The van der Waals surface area contributed by atoms with Crippen molar-refractivity contribution in [2.24, 2.45) is 0 Å². The van der Waals surface area contributed by atoms with Gasteiger partial charge in [-0.25, -0.2) is 0 Å². The van der Waals surface area contributed by atoms with E-state index in [1.807, 2.05) is 0 Å². The minimum Gasteiger partial charge on any atom is -0.312 e. The third-order valence-corrected chi connectivity index (χ3v) is 4.46. The standard InChI is InChI=1S/C17H28N2/c1-13(2)15-7-9-16(10-8-15)17(18-4)12-19-11-5-6-14(19)3/h7-10,13-14,17-18H,5-6,11-12H2,1-4H3. The first-order chi connectivity index (χ1) is 9.11. The summed E-state index contributed by atoms with van der Waals surface area (Å²) in [6.07, 6.45) is 2.70. The van der Waals surface area contributed by atoms with Crippen molar-refractivity contribution in [2.45, 2.75) is 51.6 Å². The molecule has 2 nitrogen and oxygen atoms in total. The van der Waals surface area contributed by atoms with Crippen LogP contribution in [0.5, 0.6) is 0 Å². The molecule has 0 amide bonds. The summed E-state index contributed by atoms with van der Waals surface area (Å²) in [5.41, 5.74) is 2.83. The van der Waals surface area contributed by atoms with Crippen molar-refractivity contribution in [2.75, 3.05) is 20.1 Å². The molecule has 2 unspecified atom stereocenters. The first kappa shape index (κ1) is 14.5. The lowest BCUT2D eigenvalue weighted by Gasteiger charge is -2.27. The molecule has 106 valence electrons. The van der Waals surface area contributed by atoms with Gasteiger partial charge in [0.05, 0.1) is 0 Å². The van der Waals surface area contributed by atoms with E-state index >= 15 is 0 Å². The van der Waals surface area contributed by atoms with Crippen molar-refractivity contribution in [3.63, 3.8) is 0 Å². The molecule has 2 heteroatoms. The lowest BCUT2D eigenvalue weighted by Crippen LogP contribution is -2.35. The Bertz CT molecular complexity index is 383. The number of likely N-dealkylation sites (tertiary alicyclic amines) is 1. The SMILES string of the molecule is CNC(CN1CCCC1C)c1ccc(C(C)C)cc1. The zero-order chi connectivity index (χ0) is 13.8. The highest BCUT2D eigenvalue weighted by Gasteiger charge is 2.23. The molecular weight excluding hydrogens is 232 g/mol. The van der Waals surface area contributed by atoms with Gasteiger partial charge in [-0.15, -0.1) is 0 Å². The van der Waals surface area contributed by atoms with Crippen molar-refractivity contribution < 1.29 is 0 Å². The van der Waals surface area contributed by atoms with Gasteiger partial charge in [0.25, 0.3) is 0 Å². The largest absolute Gasteiger partial charge is 0.312 e. The summed E-state index contributed by atoms with van der Waals surface area (Å²) in [4.78, 5) is 2.61. The average molecular weight is 260 g/mol. The lowest BCUT2D eigenvalue weighted by atomic mass is 9.99. The summed E-state index contributed by atoms with van der Waals surface area (Å²) in [6, 6.07) is 10.3. The van der Waals surface area contributed by atoms with E-state index < -0.39 is 0 Å². The number of nitrogens with zero attached hydrogens (tertiary/aromatic N) is 1. The highest BCUT2D eigenvalue weighted by atomic mass is 15.2. The molecule has 1 N–H and O–H groups in total. The van der Waals surface area contributed by atoms with Gasteiger partial charge >= 0.3 is 0 Å². The van der Waals surface area contributed by atoms with Crippen LogP contribution in [-0.4, -0.2) is 31.1 Å². The maximum Gasteiger partial charge on any atom is 0.0446 e. The van der Waals surface area contributed by atoms with Crippen LogP contribution in [0.2, 0.25) is 0 Å². The molecule has 0 aromatic heterocycles. The molecule has 1 aliphatic rings. The van der Waals surface area contributed by atoms with Gasteiger partial charge in [0.15, 0.2) is 0 Å². The molecule has 2 atom stereocenters. The zero-order valence-corrected chi connectivity index (χ0v) is 12.8. The Labute approximate surface area is 118 Å². The summed E-state index contributed by atoms with van der Waals surface area (Å²) >= 11 is 0. The Balaban J connectivity index is 2.04. The molecule has 19 heavy (non-hydrogen) atoms. The molecule has 0 bridgehead atoms. The fourth-order valence-corrected chi connectivity index (χ4v) is 2.98. The summed E-state index contributed by atoms with van der Waals surface area (Å²) in [5, 5.41) is 3.47. The highest BCUT2D eigenvalue weighted by molar-refractivity contribution is 5.27. The van der Waals surface area contributed by atoms with Crippen LogP contribution in [0.4, 0.5) is 0 Å². The van der Waals surface area contributed by atoms with Crippen LogP contribution >= 0.6 is 0 Å². The smallest absolute Gasteiger partial charge is 0.0446 e. The molecular formula is C17H28N2. The van der Waals surface area contributed by atoms with E-state index in [1.165, 1.54) is 30.5 Å². The Morgan fingerprint density at radius 2 is 1.84 bits per heavy atom.